The van der Waals surface area contributed by atoms with E-state index in [2.05, 4.69) is 15.4 Å². The molecule has 5 atom stereocenters. The van der Waals surface area contributed by atoms with Crippen LogP contribution in [0.1, 0.15) is 12.8 Å². The summed E-state index contributed by atoms with van der Waals surface area (Å²) in [5.74, 6) is 0.714. The van der Waals surface area contributed by atoms with Gasteiger partial charge in [-0.15, -0.1) is 10.2 Å². The number of rotatable bonds is 10. The Balaban J connectivity index is 1.47. The van der Waals surface area contributed by atoms with Gasteiger partial charge < -0.3 is 25.4 Å². The van der Waals surface area contributed by atoms with Crippen molar-refractivity contribution in [3.05, 3.63) is 30.3 Å². The number of carbonyl (C=O) groups excluding carboxylic acids is 1. The van der Waals surface area contributed by atoms with Gasteiger partial charge in [0.2, 0.25) is 5.82 Å². The number of aliphatic hydroxyl groups excluding tert-OH is 2. The average molecular weight is 438 g/mol. The first-order valence-corrected chi connectivity index (χ1v) is 11.1. The Morgan fingerprint density at radius 2 is 2.03 bits per heavy atom. The number of hydrogen-bond acceptors (Lipinski definition) is 10. The molecule has 1 aliphatic heterocycles. The van der Waals surface area contributed by atoms with Crippen molar-refractivity contribution < 1.29 is 24.5 Å². The summed E-state index contributed by atoms with van der Waals surface area (Å²) in [4.78, 5) is 13.3. The van der Waals surface area contributed by atoms with E-state index in [-0.39, 0.29) is 6.61 Å². The van der Waals surface area contributed by atoms with Gasteiger partial charge in [0, 0.05) is 5.56 Å². The first-order chi connectivity index (χ1) is 14.5. The fourth-order valence-electron chi connectivity index (χ4n) is 3.12. The molecule has 10 nitrogen and oxygen atoms in total. The quantitative estimate of drug-likeness (QED) is 0.429. The van der Waals surface area contributed by atoms with Crippen molar-refractivity contribution in [1.29, 1.82) is 0 Å². The van der Waals surface area contributed by atoms with Crippen molar-refractivity contribution in [1.82, 2.24) is 20.2 Å². The van der Waals surface area contributed by atoms with Crippen LogP contribution >= 0.6 is 11.8 Å². The van der Waals surface area contributed by atoms with E-state index in [9.17, 15) is 15.0 Å². The zero-order chi connectivity index (χ0) is 21.5. The number of ether oxygens (including phenoxy) is 2. The molecular weight excluding hydrogens is 410 g/mol. The van der Waals surface area contributed by atoms with E-state index >= 15 is 0 Å². The molecule has 0 unspecified atom stereocenters. The lowest BCUT2D eigenvalue weighted by Crippen LogP contribution is -2.38. The van der Waals surface area contributed by atoms with Crippen LogP contribution in [-0.2, 0) is 20.8 Å². The van der Waals surface area contributed by atoms with Crippen LogP contribution in [0.15, 0.2) is 30.3 Å². The Labute approximate surface area is 178 Å². The fourth-order valence-corrected chi connectivity index (χ4v) is 3.61. The SMILES string of the molecule is CSCC[C@H](N)C(=O)OC[C@H]1O[C@@H](CCn2nnc(-c3ccccc3)n2)[C@H](O)[C@@H]1O. The number of benzene rings is 1. The van der Waals surface area contributed by atoms with Gasteiger partial charge in [-0.05, 0) is 30.1 Å². The van der Waals surface area contributed by atoms with Crippen LogP contribution in [0.2, 0.25) is 0 Å². The van der Waals surface area contributed by atoms with Gasteiger partial charge in [0.05, 0.1) is 12.6 Å². The predicted octanol–water partition coefficient (Wildman–Crippen LogP) is -0.157. The smallest absolute Gasteiger partial charge is 0.323 e. The molecule has 0 spiro atoms. The van der Waals surface area contributed by atoms with E-state index in [1.807, 2.05) is 36.6 Å². The highest BCUT2D eigenvalue weighted by Gasteiger charge is 2.43. The monoisotopic (exact) mass is 437 g/mol. The van der Waals surface area contributed by atoms with Crippen LogP contribution in [0.3, 0.4) is 0 Å². The number of aromatic nitrogens is 4. The molecule has 3 rings (SSSR count). The lowest BCUT2D eigenvalue weighted by atomic mass is 10.1. The second-order valence-electron chi connectivity index (χ2n) is 7.08. The highest BCUT2D eigenvalue weighted by Crippen LogP contribution is 2.24. The Hall–Kier alpha value is -2.05. The van der Waals surface area contributed by atoms with Gasteiger partial charge in [-0.3, -0.25) is 4.79 Å². The molecule has 11 heteroatoms. The van der Waals surface area contributed by atoms with E-state index in [0.29, 0.717) is 25.2 Å². The van der Waals surface area contributed by atoms with Crippen molar-refractivity contribution in [2.45, 2.75) is 49.8 Å². The number of carbonyl (C=O) groups is 1. The van der Waals surface area contributed by atoms with Gasteiger partial charge in [0.15, 0.2) is 0 Å². The average Bonchev–Trinajstić information content (AvgIpc) is 3.35. The molecular formula is C19H27N5O5S. The number of tetrazole rings is 1. The van der Waals surface area contributed by atoms with E-state index in [0.717, 1.165) is 11.3 Å². The maximum absolute atomic E-state index is 11.9. The van der Waals surface area contributed by atoms with Crippen molar-refractivity contribution >= 4 is 17.7 Å². The van der Waals surface area contributed by atoms with E-state index in [1.165, 1.54) is 4.80 Å². The number of nitrogens with two attached hydrogens (primary N) is 1. The summed E-state index contributed by atoms with van der Waals surface area (Å²) >= 11 is 1.59. The second-order valence-corrected chi connectivity index (χ2v) is 8.06. The molecule has 4 N–H and O–H groups in total. The minimum absolute atomic E-state index is 0.166. The molecule has 0 saturated carbocycles. The molecule has 1 aliphatic rings. The summed E-state index contributed by atoms with van der Waals surface area (Å²) in [5.41, 5.74) is 6.63. The summed E-state index contributed by atoms with van der Waals surface area (Å²) in [5, 5.41) is 32.8. The Kier molecular flexibility index (Phi) is 8.16. The van der Waals surface area contributed by atoms with Gasteiger partial charge in [0.25, 0.3) is 0 Å². The Morgan fingerprint density at radius 1 is 1.30 bits per heavy atom. The summed E-state index contributed by atoms with van der Waals surface area (Å²) in [6, 6.07) is 8.75. The molecule has 1 fully saturated rings. The minimum Gasteiger partial charge on any atom is -0.462 e. The molecule has 2 aromatic rings. The van der Waals surface area contributed by atoms with Crippen LogP contribution in [0.5, 0.6) is 0 Å². The molecule has 1 aromatic heterocycles. The molecule has 0 bridgehead atoms. The van der Waals surface area contributed by atoms with Gasteiger partial charge in [-0.1, -0.05) is 30.3 Å². The molecule has 2 heterocycles. The summed E-state index contributed by atoms with van der Waals surface area (Å²) in [6.45, 7) is 0.181. The highest BCUT2D eigenvalue weighted by atomic mass is 32.2. The van der Waals surface area contributed by atoms with Crippen LogP contribution in [0.25, 0.3) is 11.4 Å². The number of nitrogens with zero attached hydrogens (tertiary/aromatic N) is 4. The second kappa shape index (κ2) is 10.8. The number of thioether (sulfide) groups is 1. The van der Waals surface area contributed by atoms with Crippen molar-refractivity contribution in [2.75, 3.05) is 18.6 Å². The minimum atomic E-state index is -1.16. The molecule has 30 heavy (non-hydrogen) atoms. The largest absolute Gasteiger partial charge is 0.462 e. The zero-order valence-electron chi connectivity index (χ0n) is 16.7. The lowest BCUT2D eigenvalue weighted by Gasteiger charge is -2.16. The third-order valence-corrected chi connectivity index (χ3v) is 5.53. The van der Waals surface area contributed by atoms with E-state index in [1.54, 1.807) is 11.8 Å². The third-order valence-electron chi connectivity index (χ3n) is 4.89. The summed E-state index contributed by atoms with van der Waals surface area (Å²) < 4.78 is 10.9. The lowest BCUT2D eigenvalue weighted by molar-refractivity contribution is -0.150. The molecule has 0 amide bonds. The molecule has 1 saturated heterocycles. The van der Waals surface area contributed by atoms with Crippen molar-refractivity contribution in [3.8, 4) is 11.4 Å². The predicted molar refractivity (Wildman–Crippen MR) is 110 cm³/mol. The first kappa shape index (κ1) is 22.6. The fraction of sp³-hybridized carbons (Fsp3) is 0.579. The molecule has 164 valence electrons. The van der Waals surface area contributed by atoms with E-state index in [4.69, 9.17) is 15.2 Å². The summed E-state index contributed by atoms with van der Waals surface area (Å²) in [7, 11) is 0. The molecule has 1 aromatic carbocycles. The Morgan fingerprint density at radius 3 is 2.77 bits per heavy atom. The van der Waals surface area contributed by atoms with Gasteiger partial charge in [-0.25, -0.2) is 0 Å². The summed E-state index contributed by atoms with van der Waals surface area (Å²) in [6.07, 6.45) is -0.912. The molecule has 0 radical (unpaired) electrons. The number of esters is 1. The topological polar surface area (TPSA) is 146 Å². The zero-order valence-corrected chi connectivity index (χ0v) is 17.5. The first-order valence-electron chi connectivity index (χ1n) is 9.75. The van der Waals surface area contributed by atoms with Crippen molar-refractivity contribution in [2.24, 2.45) is 5.73 Å². The van der Waals surface area contributed by atoms with Gasteiger partial charge >= 0.3 is 5.97 Å². The van der Waals surface area contributed by atoms with E-state index < -0.39 is 36.4 Å². The number of aryl methyl sites for hydroxylation is 1. The van der Waals surface area contributed by atoms with Crippen LogP contribution in [-0.4, -0.2) is 85.5 Å². The van der Waals surface area contributed by atoms with Crippen molar-refractivity contribution in [3.63, 3.8) is 0 Å². The van der Waals surface area contributed by atoms with Crippen LogP contribution < -0.4 is 5.73 Å². The maximum atomic E-state index is 11.9. The highest BCUT2D eigenvalue weighted by molar-refractivity contribution is 7.98. The standard InChI is InChI=1S/C19H27N5O5S/c1-30-10-8-13(20)19(27)28-11-15-17(26)16(25)14(29-15)7-9-24-22-18(21-23-24)12-5-3-2-4-6-12/h2-6,13-17,25-26H,7-11,20H2,1H3/t13-,14-,15+,16-,17+/m0/s1. The third kappa shape index (κ3) is 5.76. The number of aliphatic hydroxyl groups is 2. The van der Waals surface area contributed by atoms with Crippen LogP contribution in [0.4, 0.5) is 0 Å². The normalized spacial score (nSPS) is 24.7. The molecule has 0 aliphatic carbocycles. The van der Waals surface area contributed by atoms with Crippen LogP contribution in [0, 0.1) is 0 Å². The maximum Gasteiger partial charge on any atom is 0.323 e. The van der Waals surface area contributed by atoms with Gasteiger partial charge in [0.1, 0.15) is 31.0 Å². The van der Waals surface area contributed by atoms with Gasteiger partial charge in [-0.2, -0.15) is 16.6 Å². The Bertz CT molecular complexity index is 808. The number of hydrogen-bond donors (Lipinski definition) is 3.